The lowest BCUT2D eigenvalue weighted by Crippen LogP contribution is -2.52. The molecule has 1 N–H and O–H groups in total. The smallest absolute Gasteiger partial charge is 0.239 e. The van der Waals surface area contributed by atoms with Crippen molar-refractivity contribution in [2.24, 2.45) is 0 Å². The predicted molar refractivity (Wildman–Crippen MR) is 84.6 cm³/mol. The summed E-state index contributed by atoms with van der Waals surface area (Å²) in [7, 11) is 0. The summed E-state index contributed by atoms with van der Waals surface area (Å²) in [6.07, 6.45) is 3.00. The van der Waals surface area contributed by atoms with E-state index >= 15 is 0 Å². The molecule has 2 saturated heterocycles. The lowest BCUT2D eigenvalue weighted by atomic mass is 10.0. The number of halogens is 2. The van der Waals surface area contributed by atoms with Crippen LogP contribution in [0.25, 0.3) is 0 Å². The molecule has 0 bridgehead atoms. The number of nitrogens with one attached hydrogen (secondary N) is 1. The van der Waals surface area contributed by atoms with Crippen LogP contribution in [-0.2, 0) is 9.53 Å². The monoisotopic (exact) mass is 328 g/mol. The second-order valence-corrected chi connectivity index (χ2v) is 5.70. The quantitative estimate of drug-likeness (QED) is 0.905. The third-order valence-corrected chi connectivity index (χ3v) is 4.23. The molecule has 0 aromatic heterocycles. The topological polar surface area (TPSA) is 41.6 Å². The van der Waals surface area contributed by atoms with Crippen molar-refractivity contribution in [2.45, 2.75) is 31.4 Å². The molecule has 1 amide bonds. The molecule has 0 radical (unpaired) electrons. The summed E-state index contributed by atoms with van der Waals surface area (Å²) in [5.41, 5.74) is 0.922. The van der Waals surface area contributed by atoms with Crippen molar-refractivity contribution < 1.29 is 13.9 Å². The molecule has 2 unspecified atom stereocenters. The normalized spacial score (nSPS) is 25.4. The Labute approximate surface area is 136 Å². The average molecular weight is 329 g/mol. The van der Waals surface area contributed by atoms with E-state index in [1.54, 1.807) is 12.1 Å². The molecular formula is C16H22ClFN2O2. The molecule has 2 fully saturated rings. The first-order valence-corrected chi connectivity index (χ1v) is 7.63. The van der Waals surface area contributed by atoms with Crippen LogP contribution in [0.15, 0.2) is 24.3 Å². The first kappa shape index (κ1) is 17.2. The van der Waals surface area contributed by atoms with Crippen molar-refractivity contribution in [2.75, 3.05) is 26.2 Å². The van der Waals surface area contributed by atoms with E-state index in [4.69, 9.17) is 4.74 Å². The molecule has 122 valence electrons. The Hall–Kier alpha value is -1.17. The molecule has 2 atom stereocenters. The molecule has 2 aliphatic heterocycles. The fourth-order valence-corrected chi connectivity index (χ4v) is 3.01. The third-order valence-electron chi connectivity index (χ3n) is 4.23. The van der Waals surface area contributed by atoms with Crippen LogP contribution in [0.5, 0.6) is 0 Å². The Morgan fingerprint density at radius 3 is 2.73 bits per heavy atom. The van der Waals surface area contributed by atoms with Crippen molar-refractivity contribution in [3.8, 4) is 0 Å². The maximum atomic E-state index is 13.0. The summed E-state index contributed by atoms with van der Waals surface area (Å²) in [5, 5.41) is 3.30. The Kier molecular flexibility index (Phi) is 6.17. The highest BCUT2D eigenvalue weighted by Gasteiger charge is 2.30. The van der Waals surface area contributed by atoms with Crippen LogP contribution >= 0.6 is 12.4 Å². The van der Waals surface area contributed by atoms with Gasteiger partial charge in [0.05, 0.1) is 19.2 Å². The minimum Gasteiger partial charge on any atom is -0.370 e. The maximum absolute atomic E-state index is 13.0. The van der Waals surface area contributed by atoms with E-state index in [9.17, 15) is 9.18 Å². The van der Waals surface area contributed by atoms with E-state index in [2.05, 4.69) is 5.32 Å². The molecular weight excluding hydrogens is 307 g/mol. The zero-order chi connectivity index (χ0) is 14.7. The van der Waals surface area contributed by atoms with Gasteiger partial charge in [-0.25, -0.2) is 4.39 Å². The highest BCUT2D eigenvalue weighted by molar-refractivity contribution is 5.85. The molecule has 2 heterocycles. The Balaban J connectivity index is 0.00000176. The number of amides is 1. The van der Waals surface area contributed by atoms with E-state index in [0.717, 1.165) is 31.4 Å². The van der Waals surface area contributed by atoms with Crippen LogP contribution in [0, 0.1) is 5.82 Å². The summed E-state index contributed by atoms with van der Waals surface area (Å²) < 4.78 is 18.7. The fourth-order valence-electron chi connectivity index (χ4n) is 3.01. The molecule has 3 rings (SSSR count). The van der Waals surface area contributed by atoms with Crippen LogP contribution in [0.3, 0.4) is 0 Å². The molecule has 0 saturated carbocycles. The highest BCUT2D eigenvalue weighted by atomic mass is 35.5. The number of ether oxygens (including phenoxy) is 1. The summed E-state index contributed by atoms with van der Waals surface area (Å²) in [6, 6.07) is 6.27. The van der Waals surface area contributed by atoms with Crippen LogP contribution in [0.4, 0.5) is 4.39 Å². The number of hydrogen-bond donors (Lipinski definition) is 1. The minimum atomic E-state index is -0.256. The third kappa shape index (κ3) is 3.97. The summed E-state index contributed by atoms with van der Waals surface area (Å²) in [6.45, 7) is 2.62. The Morgan fingerprint density at radius 2 is 2.05 bits per heavy atom. The standard InChI is InChI=1S/C16H21FN2O2.ClH/c17-13-6-4-12(5-7-13)15-11-19(9-10-21-15)16(20)14-3-1-2-8-18-14;/h4-7,14-15,18H,1-3,8-11H2;1H. The number of nitrogens with zero attached hydrogens (tertiary/aromatic N) is 1. The molecule has 4 nitrogen and oxygen atoms in total. The molecule has 6 heteroatoms. The number of rotatable bonds is 2. The largest absolute Gasteiger partial charge is 0.370 e. The second-order valence-electron chi connectivity index (χ2n) is 5.70. The van der Waals surface area contributed by atoms with Crippen LogP contribution < -0.4 is 5.32 Å². The van der Waals surface area contributed by atoms with E-state index in [-0.39, 0.29) is 36.3 Å². The van der Waals surface area contributed by atoms with Crippen LogP contribution in [-0.4, -0.2) is 43.1 Å². The van der Waals surface area contributed by atoms with Gasteiger partial charge in [-0.2, -0.15) is 0 Å². The first-order valence-electron chi connectivity index (χ1n) is 7.63. The van der Waals surface area contributed by atoms with E-state index < -0.39 is 0 Å². The Bertz CT molecular complexity index is 491. The number of carbonyl (C=O) groups is 1. The van der Waals surface area contributed by atoms with Gasteiger partial charge < -0.3 is 15.0 Å². The predicted octanol–water partition coefficient (Wildman–Crippen LogP) is 2.29. The molecule has 1 aromatic carbocycles. The van der Waals surface area contributed by atoms with E-state index in [0.29, 0.717) is 19.7 Å². The van der Waals surface area contributed by atoms with E-state index in [1.807, 2.05) is 4.90 Å². The van der Waals surface area contributed by atoms with Gasteiger partial charge in [0.1, 0.15) is 11.9 Å². The van der Waals surface area contributed by atoms with Crippen LogP contribution in [0.2, 0.25) is 0 Å². The highest BCUT2D eigenvalue weighted by Crippen LogP contribution is 2.23. The van der Waals surface area contributed by atoms with Crippen molar-refractivity contribution in [1.29, 1.82) is 0 Å². The van der Waals surface area contributed by atoms with Crippen molar-refractivity contribution in [3.05, 3.63) is 35.6 Å². The molecule has 2 aliphatic rings. The van der Waals surface area contributed by atoms with Crippen molar-refractivity contribution >= 4 is 18.3 Å². The van der Waals surface area contributed by atoms with Crippen molar-refractivity contribution in [1.82, 2.24) is 10.2 Å². The van der Waals surface area contributed by atoms with Gasteiger partial charge in [0, 0.05) is 6.54 Å². The average Bonchev–Trinajstić information content (AvgIpc) is 2.56. The van der Waals surface area contributed by atoms with Gasteiger partial charge in [-0.05, 0) is 37.1 Å². The number of morpholine rings is 1. The molecule has 0 spiro atoms. The zero-order valence-electron chi connectivity index (χ0n) is 12.5. The summed E-state index contributed by atoms with van der Waals surface area (Å²) >= 11 is 0. The van der Waals surface area contributed by atoms with Crippen LogP contribution in [0.1, 0.15) is 30.9 Å². The van der Waals surface area contributed by atoms with Gasteiger partial charge in [0.25, 0.3) is 0 Å². The van der Waals surface area contributed by atoms with Gasteiger partial charge in [-0.3, -0.25) is 4.79 Å². The lowest BCUT2D eigenvalue weighted by Gasteiger charge is -2.36. The summed E-state index contributed by atoms with van der Waals surface area (Å²) in [4.78, 5) is 14.4. The first-order chi connectivity index (χ1) is 10.2. The van der Waals surface area contributed by atoms with Gasteiger partial charge in [0.2, 0.25) is 5.91 Å². The zero-order valence-corrected chi connectivity index (χ0v) is 13.3. The lowest BCUT2D eigenvalue weighted by molar-refractivity contribution is -0.141. The number of benzene rings is 1. The summed E-state index contributed by atoms with van der Waals surface area (Å²) in [5.74, 6) is -0.0843. The number of hydrogen-bond acceptors (Lipinski definition) is 3. The Morgan fingerprint density at radius 1 is 1.27 bits per heavy atom. The van der Waals surface area contributed by atoms with E-state index in [1.165, 1.54) is 12.1 Å². The molecule has 0 aliphatic carbocycles. The van der Waals surface area contributed by atoms with Gasteiger partial charge in [-0.15, -0.1) is 12.4 Å². The van der Waals surface area contributed by atoms with Gasteiger partial charge in [-0.1, -0.05) is 18.6 Å². The molecule has 22 heavy (non-hydrogen) atoms. The number of piperidine rings is 1. The van der Waals surface area contributed by atoms with Gasteiger partial charge in [0.15, 0.2) is 0 Å². The van der Waals surface area contributed by atoms with Crippen molar-refractivity contribution in [3.63, 3.8) is 0 Å². The minimum absolute atomic E-state index is 0. The maximum Gasteiger partial charge on any atom is 0.239 e. The second kappa shape index (κ2) is 7.90. The van der Waals surface area contributed by atoms with Gasteiger partial charge >= 0.3 is 0 Å². The molecule has 1 aromatic rings. The SMILES string of the molecule is Cl.O=C(C1CCCCN1)N1CCOC(c2ccc(F)cc2)C1. The fraction of sp³-hybridized carbons (Fsp3) is 0.562. The number of carbonyl (C=O) groups excluding carboxylic acids is 1.